The minimum atomic E-state index is -4.33. The maximum absolute atomic E-state index is 12.6. The van der Waals surface area contributed by atoms with Crippen molar-refractivity contribution in [1.29, 1.82) is 0 Å². The van der Waals surface area contributed by atoms with Crippen LogP contribution in [0.1, 0.15) is 36.0 Å². The fourth-order valence-electron chi connectivity index (χ4n) is 2.95. The van der Waals surface area contributed by atoms with Crippen molar-refractivity contribution in [2.75, 3.05) is 5.32 Å². The van der Waals surface area contributed by atoms with Crippen LogP contribution in [0.15, 0.2) is 48.5 Å². The van der Waals surface area contributed by atoms with E-state index in [1.54, 1.807) is 0 Å². The van der Waals surface area contributed by atoms with Gasteiger partial charge >= 0.3 is 6.18 Å². The van der Waals surface area contributed by atoms with Gasteiger partial charge in [0.25, 0.3) is 0 Å². The van der Waals surface area contributed by atoms with Crippen molar-refractivity contribution in [1.82, 2.24) is 0 Å². The number of anilines is 1. The van der Waals surface area contributed by atoms with E-state index in [2.05, 4.69) is 5.32 Å². The van der Waals surface area contributed by atoms with E-state index in [-0.39, 0.29) is 17.7 Å². The number of aryl methyl sites for hydroxylation is 1. The first kappa shape index (κ1) is 16.6. The summed E-state index contributed by atoms with van der Waals surface area (Å²) in [5.74, 6) is -0.242. The van der Waals surface area contributed by atoms with Crippen molar-refractivity contribution in [3.63, 3.8) is 0 Å². The molecule has 126 valence electrons. The molecule has 3 rings (SSSR count). The molecule has 2 aromatic rings. The van der Waals surface area contributed by atoms with E-state index in [9.17, 15) is 18.0 Å². The zero-order valence-corrected chi connectivity index (χ0v) is 13.2. The summed E-state index contributed by atoms with van der Waals surface area (Å²) in [4.78, 5) is 12.4. The van der Waals surface area contributed by atoms with Gasteiger partial charge in [-0.1, -0.05) is 37.3 Å². The third kappa shape index (κ3) is 3.45. The highest BCUT2D eigenvalue weighted by atomic mass is 19.4. The van der Waals surface area contributed by atoms with Gasteiger partial charge in [0, 0.05) is 11.6 Å². The summed E-state index contributed by atoms with van der Waals surface area (Å²) in [5, 5.41) is 2.94. The molecule has 1 aliphatic rings. The number of amides is 1. The number of hydrogen-bond acceptors (Lipinski definition) is 1. The molecule has 2 nitrogen and oxygen atoms in total. The minimum absolute atomic E-state index is 0.000993. The highest BCUT2D eigenvalue weighted by Gasteiger charge is 2.44. The predicted molar refractivity (Wildman–Crippen MR) is 86.7 cm³/mol. The van der Waals surface area contributed by atoms with Gasteiger partial charge in [0.05, 0.1) is 5.56 Å². The third-order valence-corrected chi connectivity index (χ3v) is 4.45. The van der Waals surface area contributed by atoms with Crippen LogP contribution >= 0.6 is 0 Å². The van der Waals surface area contributed by atoms with Crippen molar-refractivity contribution in [2.24, 2.45) is 5.92 Å². The number of nitrogens with one attached hydrogen (secondary N) is 1. The van der Waals surface area contributed by atoms with Gasteiger partial charge < -0.3 is 5.32 Å². The summed E-state index contributed by atoms with van der Waals surface area (Å²) < 4.78 is 37.8. The van der Waals surface area contributed by atoms with E-state index in [0.717, 1.165) is 35.4 Å². The van der Waals surface area contributed by atoms with Crippen LogP contribution in [0.3, 0.4) is 0 Å². The SMILES string of the molecule is CCc1ccccc1NC(=O)C1CC1c1ccc(C(F)(F)F)cc1. The van der Waals surface area contributed by atoms with Crippen LogP contribution in [0.25, 0.3) is 0 Å². The van der Waals surface area contributed by atoms with Gasteiger partial charge in [-0.05, 0) is 48.1 Å². The molecule has 0 radical (unpaired) electrons. The Labute approximate surface area is 138 Å². The van der Waals surface area contributed by atoms with Crippen molar-refractivity contribution in [3.05, 3.63) is 65.2 Å². The highest BCUT2D eigenvalue weighted by Crippen LogP contribution is 2.48. The zero-order valence-electron chi connectivity index (χ0n) is 13.2. The molecule has 0 aromatic heterocycles. The average molecular weight is 333 g/mol. The first-order chi connectivity index (χ1) is 11.4. The molecule has 0 saturated heterocycles. The lowest BCUT2D eigenvalue weighted by Crippen LogP contribution is -2.15. The fraction of sp³-hybridized carbons (Fsp3) is 0.316. The molecule has 5 heteroatoms. The van der Waals surface area contributed by atoms with E-state index >= 15 is 0 Å². The molecule has 1 aliphatic carbocycles. The summed E-state index contributed by atoms with van der Waals surface area (Å²) in [7, 11) is 0. The summed E-state index contributed by atoms with van der Waals surface area (Å²) in [5.41, 5.74) is 2.00. The van der Waals surface area contributed by atoms with Crippen LogP contribution in [0.4, 0.5) is 18.9 Å². The van der Waals surface area contributed by atoms with E-state index < -0.39 is 11.7 Å². The topological polar surface area (TPSA) is 29.1 Å². The molecule has 1 fully saturated rings. The fourth-order valence-corrected chi connectivity index (χ4v) is 2.95. The van der Waals surface area contributed by atoms with Gasteiger partial charge in [0.15, 0.2) is 0 Å². The second-order valence-electron chi connectivity index (χ2n) is 6.07. The van der Waals surface area contributed by atoms with E-state index in [4.69, 9.17) is 0 Å². The molecule has 0 aliphatic heterocycles. The average Bonchev–Trinajstić information content (AvgIpc) is 3.35. The summed E-state index contributed by atoms with van der Waals surface area (Å²) in [6.07, 6.45) is -2.84. The summed E-state index contributed by atoms with van der Waals surface area (Å²) in [6.45, 7) is 2.02. The van der Waals surface area contributed by atoms with E-state index in [1.807, 2.05) is 31.2 Å². The van der Waals surface area contributed by atoms with Crippen LogP contribution in [0.5, 0.6) is 0 Å². The first-order valence-corrected chi connectivity index (χ1v) is 7.96. The van der Waals surface area contributed by atoms with Crippen molar-refractivity contribution >= 4 is 11.6 Å². The summed E-state index contributed by atoms with van der Waals surface area (Å²) in [6, 6.07) is 12.7. The van der Waals surface area contributed by atoms with Crippen molar-refractivity contribution in [2.45, 2.75) is 31.9 Å². The molecule has 24 heavy (non-hydrogen) atoms. The molecule has 0 heterocycles. The number of carbonyl (C=O) groups is 1. The Morgan fingerprint density at radius 1 is 1.12 bits per heavy atom. The van der Waals surface area contributed by atoms with Gasteiger partial charge in [0.1, 0.15) is 0 Å². The Balaban J connectivity index is 1.65. The number of para-hydroxylation sites is 1. The highest BCUT2D eigenvalue weighted by molar-refractivity contribution is 5.95. The number of alkyl halides is 3. The Hall–Kier alpha value is -2.30. The van der Waals surface area contributed by atoms with Crippen LogP contribution in [0, 0.1) is 5.92 Å². The number of halogens is 3. The van der Waals surface area contributed by atoms with Crippen molar-refractivity contribution in [3.8, 4) is 0 Å². The molecule has 0 bridgehead atoms. The molecule has 1 saturated carbocycles. The van der Waals surface area contributed by atoms with E-state index in [0.29, 0.717) is 6.42 Å². The zero-order chi connectivity index (χ0) is 17.3. The monoisotopic (exact) mass is 333 g/mol. The normalized spacial score (nSPS) is 19.8. The Morgan fingerprint density at radius 3 is 2.42 bits per heavy atom. The first-order valence-electron chi connectivity index (χ1n) is 7.96. The third-order valence-electron chi connectivity index (χ3n) is 4.45. The minimum Gasteiger partial charge on any atom is -0.326 e. The number of carbonyl (C=O) groups excluding carboxylic acids is 1. The van der Waals surface area contributed by atoms with Crippen LogP contribution in [0.2, 0.25) is 0 Å². The van der Waals surface area contributed by atoms with Gasteiger partial charge in [-0.2, -0.15) is 13.2 Å². The quantitative estimate of drug-likeness (QED) is 0.837. The van der Waals surface area contributed by atoms with Crippen LogP contribution in [-0.4, -0.2) is 5.91 Å². The Kier molecular flexibility index (Phi) is 4.35. The smallest absolute Gasteiger partial charge is 0.326 e. The molecule has 2 aromatic carbocycles. The molecule has 0 spiro atoms. The van der Waals surface area contributed by atoms with Gasteiger partial charge in [-0.15, -0.1) is 0 Å². The predicted octanol–water partition coefficient (Wildman–Crippen LogP) is 5.01. The maximum atomic E-state index is 12.6. The second kappa shape index (κ2) is 6.30. The molecular weight excluding hydrogens is 315 g/mol. The summed E-state index contributed by atoms with van der Waals surface area (Å²) >= 11 is 0. The van der Waals surface area contributed by atoms with E-state index in [1.165, 1.54) is 12.1 Å². The lowest BCUT2D eigenvalue weighted by molar-refractivity contribution is -0.137. The van der Waals surface area contributed by atoms with Crippen LogP contribution in [-0.2, 0) is 17.4 Å². The maximum Gasteiger partial charge on any atom is 0.416 e. The second-order valence-corrected chi connectivity index (χ2v) is 6.07. The largest absolute Gasteiger partial charge is 0.416 e. The standard InChI is InChI=1S/C19H18F3NO/c1-2-12-5-3-4-6-17(12)23-18(24)16-11-15(16)13-7-9-14(10-8-13)19(20,21)22/h3-10,15-16H,2,11H2,1H3,(H,23,24). The van der Waals surface area contributed by atoms with Crippen LogP contribution < -0.4 is 5.32 Å². The molecular formula is C19H18F3NO. The Morgan fingerprint density at radius 2 is 1.79 bits per heavy atom. The molecule has 1 amide bonds. The Bertz CT molecular complexity index is 737. The van der Waals surface area contributed by atoms with Gasteiger partial charge in [-0.3, -0.25) is 4.79 Å². The van der Waals surface area contributed by atoms with Gasteiger partial charge in [0.2, 0.25) is 5.91 Å². The molecule has 1 N–H and O–H groups in total. The van der Waals surface area contributed by atoms with Gasteiger partial charge in [-0.25, -0.2) is 0 Å². The lowest BCUT2D eigenvalue weighted by atomic mass is 10.1. The number of benzene rings is 2. The molecule has 2 unspecified atom stereocenters. The molecule has 2 atom stereocenters. The lowest BCUT2D eigenvalue weighted by Gasteiger charge is -2.10. The number of rotatable bonds is 4. The number of hydrogen-bond donors (Lipinski definition) is 1. The van der Waals surface area contributed by atoms with Crippen molar-refractivity contribution < 1.29 is 18.0 Å².